The Kier molecular flexibility index (Phi) is 5.73. The molecule has 2 aromatic carbocycles. The normalized spacial score (nSPS) is 10.9. The van der Waals surface area contributed by atoms with Crippen molar-refractivity contribution in [1.29, 1.82) is 0 Å². The minimum Gasteiger partial charge on any atom is -0.454 e. The van der Waals surface area contributed by atoms with Crippen LogP contribution in [-0.4, -0.2) is 29.3 Å². The fraction of sp³-hybridized carbons (Fsp3) is 0.100. The minimum absolute atomic E-state index is 0.192. The van der Waals surface area contributed by atoms with Crippen LogP contribution in [-0.2, 0) is 14.3 Å². The topological polar surface area (TPSA) is 85.4 Å². The van der Waals surface area contributed by atoms with Gasteiger partial charge in [0.15, 0.2) is 12.4 Å². The lowest BCUT2D eigenvalue weighted by Crippen LogP contribution is -2.12. The largest absolute Gasteiger partial charge is 0.454 e. The van der Waals surface area contributed by atoms with Gasteiger partial charge in [-0.1, -0.05) is 12.1 Å². The highest BCUT2D eigenvalue weighted by atomic mass is 32.1. The molecule has 6 nitrogen and oxygen atoms in total. The second-order valence-electron chi connectivity index (χ2n) is 5.64. The number of thiazole rings is 1. The highest BCUT2D eigenvalue weighted by Crippen LogP contribution is 2.22. The monoisotopic (exact) mass is 380 g/mol. The van der Waals surface area contributed by atoms with E-state index in [0.717, 1.165) is 10.2 Å². The fourth-order valence-corrected chi connectivity index (χ4v) is 3.18. The van der Waals surface area contributed by atoms with Crippen LogP contribution in [0.25, 0.3) is 16.3 Å². The highest BCUT2D eigenvalue weighted by Gasteiger charge is 2.09. The highest BCUT2D eigenvalue weighted by molar-refractivity contribution is 7.19. The third-order valence-electron chi connectivity index (χ3n) is 3.55. The fourth-order valence-electron chi connectivity index (χ4n) is 2.31. The second-order valence-corrected chi connectivity index (χ2v) is 6.70. The van der Waals surface area contributed by atoms with Gasteiger partial charge in [0.05, 0.1) is 10.2 Å². The predicted molar refractivity (Wildman–Crippen MR) is 105 cm³/mol. The average molecular weight is 380 g/mol. The molecule has 1 amide bonds. The van der Waals surface area contributed by atoms with Gasteiger partial charge in [-0.25, -0.2) is 9.78 Å². The molecule has 0 spiro atoms. The first-order valence-corrected chi connectivity index (χ1v) is 8.94. The summed E-state index contributed by atoms with van der Waals surface area (Å²) in [5.41, 5.74) is 1.86. The van der Waals surface area contributed by atoms with Gasteiger partial charge in [-0.2, -0.15) is 0 Å². The van der Waals surface area contributed by atoms with Crippen LogP contribution in [0.15, 0.2) is 54.6 Å². The molecule has 0 saturated carbocycles. The lowest BCUT2D eigenvalue weighted by atomic mass is 10.1. The van der Waals surface area contributed by atoms with Gasteiger partial charge in [0, 0.05) is 24.3 Å². The van der Waals surface area contributed by atoms with E-state index in [1.165, 1.54) is 24.3 Å². The summed E-state index contributed by atoms with van der Waals surface area (Å²) in [4.78, 5) is 39.2. The Morgan fingerprint density at radius 2 is 1.85 bits per heavy atom. The molecule has 3 rings (SSSR count). The van der Waals surface area contributed by atoms with E-state index in [-0.39, 0.29) is 18.3 Å². The van der Waals surface area contributed by atoms with Gasteiger partial charge in [0.1, 0.15) is 5.01 Å². The number of nitrogens with one attached hydrogen (secondary N) is 1. The van der Waals surface area contributed by atoms with Crippen molar-refractivity contribution in [3.8, 4) is 0 Å². The Labute approximate surface area is 159 Å². The summed E-state index contributed by atoms with van der Waals surface area (Å²) in [5, 5.41) is 3.30. The van der Waals surface area contributed by atoms with Crippen molar-refractivity contribution in [1.82, 2.24) is 4.98 Å². The molecule has 3 aromatic rings. The molecule has 0 saturated heterocycles. The number of hydrogen-bond donors (Lipinski definition) is 1. The van der Waals surface area contributed by atoms with Crippen LogP contribution in [0.2, 0.25) is 0 Å². The molecule has 1 heterocycles. The van der Waals surface area contributed by atoms with Crippen molar-refractivity contribution >= 4 is 51.0 Å². The van der Waals surface area contributed by atoms with E-state index in [1.807, 2.05) is 24.3 Å². The number of benzene rings is 2. The van der Waals surface area contributed by atoms with Crippen LogP contribution in [0.5, 0.6) is 0 Å². The quantitative estimate of drug-likeness (QED) is 0.400. The van der Waals surface area contributed by atoms with E-state index in [9.17, 15) is 14.4 Å². The number of carbonyl (C=O) groups excluding carboxylic acids is 3. The molecule has 0 atom stereocenters. The number of rotatable bonds is 6. The maximum Gasteiger partial charge on any atom is 0.331 e. The summed E-state index contributed by atoms with van der Waals surface area (Å²) >= 11 is 1.46. The number of ketones is 1. The Bertz CT molecular complexity index is 989. The van der Waals surface area contributed by atoms with Crippen LogP contribution >= 0.6 is 11.3 Å². The molecule has 0 unspecified atom stereocenters. The molecule has 0 fully saturated rings. The molecule has 7 heteroatoms. The maximum absolute atomic E-state index is 12.1. The molecular formula is C20H16N2O4S. The average Bonchev–Trinajstić information content (AvgIpc) is 3.07. The van der Waals surface area contributed by atoms with Gasteiger partial charge < -0.3 is 10.1 Å². The zero-order valence-corrected chi connectivity index (χ0v) is 15.3. The standard InChI is InChI=1S/C20H16N2O4S/c1-13(23)21-15-8-6-14(7-9-15)17(24)12-26-20(25)11-10-19-22-16-4-2-3-5-18(16)27-19/h2-11H,12H2,1H3,(H,21,23)/b11-10+. The number of amides is 1. The van der Waals surface area contributed by atoms with Crippen molar-refractivity contribution in [2.45, 2.75) is 6.92 Å². The minimum atomic E-state index is -0.613. The Morgan fingerprint density at radius 3 is 2.56 bits per heavy atom. The van der Waals surface area contributed by atoms with Gasteiger partial charge in [-0.05, 0) is 42.5 Å². The number of esters is 1. The number of hydrogen-bond acceptors (Lipinski definition) is 6. The second kappa shape index (κ2) is 8.37. The first kappa shape index (κ1) is 18.5. The van der Waals surface area contributed by atoms with Crippen molar-refractivity contribution in [2.24, 2.45) is 0 Å². The number of Topliss-reactive ketones (excluding diaryl/α,β-unsaturated/α-hetero) is 1. The smallest absolute Gasteiger partial charge is 0.331 e. The van der Waals surface area contributed by atoms with Crippen LogP contribution in [0.3, 0.4) is 0 Å². The van der Waals surface area contributed by atoms with Crippen LogP contribution in [0.4, 0.5) is 5.69 Å². The first-order valence-electron chi connectivity index (χ1n) is 8.12. The molecule has 0 bridgehead atoms. The number of aromatic nitrogens is 1. The Morgan fingerprint density at radius 1 is 1.11 bits per heavy atom. The van der Waals surface area contributed by atoms with E-state index in [0.29, 0.717) is 16.3 Å². The molecule has 0 aliphatic carbocycles. The van der Waals surface area contributed by atoms with E-state index >= 15 is 0 Å². The lowest BCUT2D eigenvalue weighted by molar-refractivity contribution is -0.136. The first-order chi connectivity index (χ1) is 13.0. The van der Waals surface area contributed by atoms with Crippen molar-refractivity contribution in [3.05, 3.63) is 65.2 Å². The van der Waals surface area contributed by atoms with Crippen LogP contribution in [0.1, 0.15) is 22.3 Å². The summed E-state index contributed by atoms with van der Waals surface area (Å²) in [6.45, 7) is 1.04. The Balaban J connectivity index is 1.53. The SMILES string of the molecule is CC(=O)Nc1ccc(C(=O)COC(=O)/C=C/c2nc3ccccc3s2)cc1. The summed E-state index contributed by atoms with van der Waals surface area (Å²) in [7, 11) is 0. The van der Waals surface area contributed by atoms with Crippen molar-refractivity contribution in [2.75, 3.05) is 11.9 Å². The molecule has 1 aromatic heterocycles. The number of carbonyl (C=O) groups is 3. The van der Waals surface area contributed by atoms with Gasteiger partial charge in [0.2, 0.25) is 5.91 Å². The molecule has 0 radical (unpaired) electrons. The van der Waals surface area contributed by atoms with Gasteiger partial charge >= 0.3 is 5.97 Å². The predicted octanol–water partition coefficient (Wildman–Crippen LogP) is 3.69. The van der Waals surface area contributed by atoms with E-state index in [1.54, 1.807) is 30.3 Å². The molecule has 0 aliphatic heterocycles. The van der Waals surface area contributed by atoms with Crippen molar-refractivity contribution < 1.29 is 19.1 Å². The maximum atomic E-state index is 12.1. The third kappa shape index (κ3) is 5.08. The number of nitrogens with zero attached hydrogens (tertiary/aromatic N) is 1. The number of fused-ring (bicyclic) bond motifs is 1. The zero-order valence-electron chi connectivity index (χ0n) is 14.5. The summed E-state index contributed by atoms with van der Waals surface area (Å²) in [5.74, 6) is -1.13. The van der Waals surface area contributed by atoms with E-state index in [4.69, 9.17) is 4.74 Å². The number of ether oxygens (including phenoxy) is 1. The van der Waals surface area contributed by atoms with E-state index < -0.39 is 5.97 Å². The van der Waals surface area contributed by atoms with Crippen molar-refractivity contribution in [3.63, 3.8) is 0 Å². The molecule has 0 aliphatic rings. The molecule has 27 heavy (non-hydrogen) atoms. The molecular weight excluding hydrogens is 364 g/mol. The zero-order chi connectivity index (χ0) is 19.2. The number of para-hydroxylation sites is 1. The van der Waals surface area contributed by atoms with Crippen LogP contribution < -0.4 is 5.32 Å². The molecule has 1 N–H and O–H groups in total. The van der Waals surface area contributed by atoms with Gasteiger partial charge in [-0.3, -0.25) is 9.59 Å². The number of anilines is 1. The van der Waals surface area contributed by atoms with Crippen LogP contribution in [0, 0.1) is 0 Å². The van der Waals surface area contributed by atoms with Gasteiger partial charge in [-0.15, -0.1) is 11.3 Å². The Hall–Kier alpha value is -3.32. The molecule has 136 valence electrons. The summed E-state index contributed by atoms with van der Waals surface area (Å²) < 4.78 is 6.01. The van der Waals surface area contributed by atoms with Gasteiger partial charge in [0.25, 0.3) is 0 Å². The van der Waals surface area contributed by atoms with E-state index in [2.05, 4.69) is 10.3 Å². The lowest BCUT2D eigenvalue weighted by Gasteiger charge is -2.04. The summed E-state index contributed by atoms with van der Waals surface area (Å²) in [6, 6.07) is 14.1. The third-order valence-corrected chi connectivity index (χ3v) is 4.55. The summed E-state index contributed by atoms with van der Waals surface area (Å²) in [6.07, 6.45) is 2.82.